The predicted octanol–water partition coefficient (Wildman–Crippen LogP) is 1.50. The fourth-order valence-corrected chi connectivity index (χ4v) is 4.17. The summed E-state index contributed by atoms with van der Waals surface area (Å²) in [6.07, 6.45) is 1.66. The van der Waals surface area contributed by atoms with Gasteiger partial charge in [0, 0.05) is 37.9 Å². The normalized spacial score (nSPS) is 13.9. The van der Waals surface area contributed by atoms with Crippen molar-refractivity contribution >= 4 is 27.6 Å². The summed E-state index contributed by atoms with van der Waals surface area (Å²) in [5.41, 5.74) is 0.539. The molecule has 158 valence electrons. The van der Waals surface area contributed by atoms with Crippen molar-refractivity contribution < 1.29 is 22.8 Å². The Kier molecular flexibility index (Phi) is 6.51. The lowest BCUT2D eigenvalue weighted by Crippen LogP contribution is -2.46. The van der Waals surface area contributed by atoms with E-state index < -0.39 is 15.7 Å². The molecule has 3 rings (SSSR count). The molecular weight excluding hydrogens is 406 g/mol. The van der Waals surface area contributed by atoms with Crippen molar-refractivity contribution in [3.05, 3.63) is 65.7 Å². The second kappa shape index (κ2) is 9.08. The number of carbonyl (C=O) groups is 3. The van der Waals surface area contributed by atoms with E-state index in [1.807, 2.05) is 0 Å². The van der Waals surface area contributed by atoms with Crippen LogP contribution in [0.4, 0.5) is 0 Å². The Morgan fingerprint density at radius 3 is 2.27 bits per heavy atom. The topological polar surface area (TPSA) is 104 Å². The van der Waals surface area contributed by atoms with Crippen molar-refractivity contribution in [2.75, 3.05) is 25.9 Å². The zero-order valence-corrected chi connectivity index (χ0v) is 17.4. The first kappa shape index (κ1) is 21.5. The van der Waals surface area contributed by atoms with Crippen molar-refractivity contribution in [2.24, 2.45) is 0 Å². The first-order chi connectivity index (χ1) is 14.3. The van der Waals surface area contributed by atoms with E-state index >= 15 is 0 Å². The van der Waals surface area contributed by atoms with Gasteiger partial charge >= 0.3 is 0 Å². The molecule has 30 heavy (non-hydrogen) atoms. The second-order valence-corrected chi connectivity index (χ2v) is 8.92. The van der Waals surface area contributed by atoms with Gasteiger partial charge in [-0.25, -0.2) is 13.4 Å². The Morgan fingerprint density at radius 2 is 1.57 bits per heavy atom. The number of rotatable bonds is 6. The van der Waals surface area contributed by atoms with Crippen molar-refractivity contribution in [1.29, 1.82) is 0 Å². The fourth-order valence-electron chi connectivity index (χ4n) is 3.29. The van der Waals surface area contributed by atoms with Crippen molar-refractivity contribution in [1.82, 2.24) is 15.3 Å². The molecule has 2 aromatic rings. The molecule has 3 amide bonds. The molecule has 0 unspecified atom stereocenters. The van der Waals surface area contributed by atoms with E-state index in [0.717, 1.165) is 6.26 Å². The molecule has 0 saturated carbocycles. The van der Waals surface area contributed by atoms with Crippen LogP contribution in [0.25, 0.3) is 0 Å². The highest BCUT2D eigenvalue weighted by Crippen LogP contribution is 2.21. The summed E-state index contributed by atoms with van der Waals surface area (Å²) in [6.45, 7) is 0.808. The molecule has 1 heterocycles. The average Bonchev–Trinajstić information content (AvgIpc) is 3.23. The first-order valence-electron chi connectivity index (χ1n) is 9.53. The minimum absolute atomic E-state index is 0.0239. The largest absolute Gasteiger partial charge is 0.352 e. The maximum absolute atomic E-state index is 13.0. The van der Waals surface area contributed by atoms with Crippen LogP contribution in [0.15, 0.2) is 59.5 Å². The van der Waals surface area contributed by atoms with Crippen LogP contribution in [0.3, 0.4) is 0 Å². The SMILES string of the molecule is CS(=O)(=O)c1ccccc1C(=O)N1CCCN1C(=O)CCNC(=O)c1ccccc1. The fraction of sp³-hybridized carbons (Fsp3) is 0.286. The molecule has 9 heteroatoms. The van der Waals surface area contributed by atoms with E-state index in [1.165, 1.54) is 22.2 Å². The van der Waals surface area contributed by atoms with E-state index in [4.69, 9.17) is 0 Å². The quantitative estimate of drug-likeness (QED) is 0.750. The standard InChI is InChI=1S/C21H23N3O5S/c1-30(28,29)18-11-6-5-10-17(18)21(27)24-15-7-14-23(24)19(25)12-13-22-20(26)16-8-3-2-4-9-16/h2-6,8-11H,7,12-15H2,1H3,(H,22,26). The Labute approximate surface area is 175 Å². The molecule has 8 nitrogen and oxygen atoms in total. The van der Waals surface area contributed by atoms with E-state index in [-0.39, 0.29) is 35.2 Å². The molecule has 0 aliphatic carbocycles. The van der Waals surface area contributed by atoms with Crippen LogP contribution >= 0.6 is 0 Å². The molecule has 0 radical (unpaired) electrons. The number of hydrogen-bond acceptors (Lipinski definition) is 5. The number of carbonyl (C=O) groups excluding carboxylic acids is 3. The van der Waals surface area contributed by atoms with Gasteiger partial charge in [-0.3, -0.25) is 19.4 Å². The third kappa shape index (κ3) is 4.85. The zero-order valence-electron chi connectivity index (χ0n) is 16.6. The van der Waals surface area contributed by atoms with Crippen molar-refractivity contribution in [3.8, 4) is 0 Å². The van der Waals surface area contributed by atoms with Gasteiger partial charge in [-0.1, -0.05) is 30.3 Å². The second-order valence-electron chi connectivity index (χ2n) is 6.94. The highest BCUT2D eigenvalue weighted by Gasteiger charge is 2.33. The smallest absolute Gasteiger partial charge is 0.273 e. The first-order valence-corrected chi connectivity index (χ1v) is 11.4. The van der Waals surface area contributed by atoms with Gasteiger partial charge in [-0.15, -0.1) is 0 Å². The number of nitrogens with one attached hydrogen (secondary N) is 1. The summed E-state index contributed by atoms with van der Waals surface area (Å²) in [5, 5.41) is 5.30. The summed E-state index contributed by atoms with van der Waals surface area (Å²) in [7, 11) is -3.59. The van der Waals surface area contributed by atoms with Gasteiger partial charge in [0.05, 0.1) is 10.5 Å². The molecule has 0 atom stereocenters. The molecule has 1 saturated heterocycles. The van der Waals surface area contributed by atoms with Crippen LogP contribution in [0.2, 0.25) is 0 Å². The third-order valence-electron chi connectivity index (χ3n) is 4.73. The molecular formula is C21H23N3O5S. The van der Waals surface area contributed by atoms with Gasteiger partial charge in [0.1, 0.15) is 0 Å². The molecule has 1 fully saturated rings. The average molecular weight is 429 g/mol. The lowest BCUT2D eigenvalue weighted by Gasteiger charge is -2.28. The highest BCUT2D eigenvalue weighted by atomic mass is 32.2. The molecule has 0 aromatic heterocycles. The summed E-state index contributed by atoms with van der Waals surface area (Å²) in [5.74, 6) is -1.12. The number of amides is 3. The van der Waals surface area contributed by atoms with Crippen LogP contribution in [0.5, 0.6) is 0 Å². The molecule has 0 spiro atoms. The Morgan fingerprint density at radius 1 is 0.933 bits per heavy atom. The predicted molar refractivity (Wildman–Crippen MR) is 110 cm³/mol. The number of hydrazine groups is 1. The van der Waals surface area contributed by atoms with Gasteiger partial charge in [-0.05, 0) is 30.7 Å². The van der Waals surface area contributed by atoms with Crippen LogP contribution in [-0.4, -0.2) is 62.0 Å². The Hall–Kier alpha value is -3.20. The molecule has 1 aliphatic rings. The summed E-state index contributed by atoms with van der Waals surface area (Å²) < 4.78 is 24.0. The highest BCUT2D eigenvalue weighted by molar-refractivity contribution is 7.90. The Bertz CT molecular complexity index is 1050. The molecule has 1 N–H and O–H groups in total. The number of benzene rings is 2. The van der Waals surface area contributed by atoms with Crippen LogP contribution < -0.4 is 5.32 Å². The maximum atomic E-state index is 13.0. The monoisotopic (exact) mass is 429 g/mol. The van der Waals surface area contributed by atoms with Crippen molar-refractivity contribution in [2.45, 2.75) is 17.7 Å². The lowest BCUT2D eigenvalue weighted by molar-refractivity contribution is -0.140. The van der Waals surface area contributed by atoms with E-state index in [9.17, 15) is 22.8 Å². The molecule has 1 aliphatic heterocycles. The number of sulfone groups is 1. The van der Waals surface area contributed by atoms with Crippen LogP contribution in [-0.2, 0) is 14.6 Å². The summed E-state index contributed by atoms with van der Waals surface area (Å²) in [6, 6.07) is 14.6. The summed E-state index contributed by atoms with van der Waals surface area (Å²) in [4.78, 5) is 37.7. The minimum atomic E-state index is -3.59. The zero-order chi connectivity index (χ0) is 21.7. The number of hydrogen-bond donors (Lipinski definition) is 1. The molecule has 0 bridgehead atoms. The maximum Gasteiger partial charge on any atom is 0.273 e. The molecule has 2 aromatic carbocycles. The van der Waals surface area contributed by atoms with Gasteiger partial charge in [0.25, 0.3) is 11.8 Å². The van der Waals surface area contributed by atoms with Crippen molar-refractivity contribution in [3.63, 3.8) is 0 Å². The Balaban J connectivity index is 1.65. The van der Waals surface area contributed by atoms with Crippen LogP contribution in [0.1, 0.15) is 33.6 Å². The van der Waals surface area contributed by atoms with E-state index in [2.05, 4.69) is 5.32 Å². The van der Waals surface area contributed by atoms with Gasteiger partial charge < -0.3 is 5.32 Å². The number of nitrogens with zero attached hydrogens (tertiary/aromatic N) is 2. The van der Waals surface area contributed by atoms with Crippen LogP contribution in [0, 0.1) is 0 Å². The van der Waals surface area contributed by atoms with Gasteiger partial charge in [-0.2, -0.15) is 0 Å². The van der Waals surface area contributed by atoms with E-state index in [0.29, 0.717) is 25.1 Å². The summed E-state index contributed by atoms with van der Waals surface area (Å²) >= 11 is 0. The third-order valence-corrected chi connectivity index (χ3v) is 5.89. The van der Waals surface area contributed by atoms with E-state index in [1.54, 1.807) is 42.5 Å². The lowest BCUT2D eigenvalue weighted by atomic mass is 10.2. The minimum Gasteiger partial charge on any atom is -0.352 e. The van der Waals surface area contributed by atoms with Gasteiger partial charge in [0.15, 0.2) is 9.84 Å². The van der Waals surface area contributed by atoms with Gasteiger partial charge in [0.2, 0.25) is 5.91 Å².